The average molecular weight is 516 g/mol. The minimum absolute atomic E-state index is 0.255. The molecular formula is C13H14F14OS2. The third-order valence-corrected chi connectivity index (χ3v) is 5.83. The Morgan fingerprint density at radius 3 is 0.933 bits per heavy atom. The molecule has 0 aliphatic heterocycles. The quantitative estimate of drug-likeness (QED) is 0.274. The van der Waals surface area contributed by atoms with Crippen LogP contribution in [0, 0.1) is 0 Å². The van der Waals surface area contributed by atoms with Gasteiger partial charge in [0.15, 0.2) is 0 Å². The number of thioether (sulfide) groups is 2. The smallest absolute Gasteiger partial charge is 0.391 e. The van der Waals surface area contributed by atoms with Gasteiger partial charge in [-0.15, -0.1) is 0 Å². The van der Waals surface area contributed by atoms with Crippen LogP contribution in [0.15, 0.2) is 0 Å². The van der Waals surface area contributed by atoms with E-state index in [1.807, 2.05) is 0 Å². The van der Waals surface area contributed by atoms with E-state index < -0.39 is 78.0 Å². The zero-order valence-electron chi connectivity index (χ0n) is 14.4. The molecular weight excluding hydrogens is 502 g/mol. The third kappa shape index (κ3) is 7.38. The first-order valence-electron chi connectivity index (χ1n) is 7.58. The van der Waals surface area contributed by atoms with Crippen molar-refractivity contribution in [3.8, 4) is 0 Å². The van der Waals surface area contributed by atoms with Crippen molar-refractivity contribution in [2.24, 2.45) is 0 Å². The van der Waals surface area contributed by atoms with Crippen LogP contribution in [0.2, 0.25) is 0 Å². The first-order valence-corrected chi connectivity index (χ1v) is 9.89. The number of alkyl halides is 14. The molecule has 0 fully saturated rings. The minimum atomic E-state index is -6.24. The van der Waals surface area contributed by atoms with Crippen molar-refractivity contribution in [2.45, 2.75) is 55.0 Å². The van der Waals surface area contributed by atoms with E-state index in [0.717, 1.165) is 0 Å². The van der Waals surface area contributed by atoms with E-state index in [4.69, 9.17) is 0 Å². The number of aliphatic hydroxyl groups is 1. The predicted molar refractivity (Wildman–Crippen MR) is 81.8 cm³/mol. The highest BCUT2D eigenvalue weighted by Crippen LogP contribution is 2.49. The first kappa shape index (κ1) is 29.7. The molecule has 1 nitrogen and oxygen atoms in total. The monoisotopic (exact) mass is 516 g/mol. The topological polar surface area (TPSA) is 20.2 Å². The van der Waals surface area contributed by atoms with Crippen LogP contribution in [0.25, 0.3) is 0 Å². The maximum absolute atomic E-state index is 13.3. The number of halogens is 14. The van der Waals surface area contributed by atoms with Crippen molar-refractivity contribution >= 4 is 23.5 Å². The van der Waals surface area contributed by atoms with Gasteiger partial charge in [-0.1, -0.05) is 0 Å². The molecule has 30 heavy (non-hydrogen) atoms. The lowest BCUT2D eigenvalue weighted by Crippen LogP contribution is -2.53. The summed E-state index contributed by atoms with van der Waals surface area (Å²) in [4.78, 5) is 0. The lowest BCUT2D eigenvalue weighted by Gasteiger charge is -2.30. The van der Waals surface area contributed by atoms with Gasteiger partial charge in [-0.3, -0.25) is 0 Å². The molecule has 0 saturated carbocycles. The molecule has 0 heterocycles. The van der Waals surface area contributed by atoms with E-state index in [-0.39, 0.29) is 23.5 Å². The SMILES string of the molecule is OC(CSCCC(F)(C(F)(F)F)C(F)(F)F)CSCCC(F)(C(F)(F)F)C(F)(F)F. The molecule has 0 unspecified atom stereocenters. The molecule has 0 spiro atoms. The van der Waals surface area contributed by atoms with Gasteiger partial charge in [0.25, 0.3) is 11.3 Å². The molecule has 0 saturated heterocycles. The van der Waals surface area contributed by atoms with E-state index in [9.17, 15) is 66.6 Å². The number of aliphatic hydroxyl groups excluding tert-OH is 1. The number of hydrogen-bond donors (Lipinski definition) is 1. The van der Waals surface area contributed by atoms with Gasteiger partial charge in [0.05, 0.1) is 6.10 Å². The Morgan fingerprint density at radius 2 is 0.733 bits per heavy atom. The average Bonchev–Trinajstić information content (AvgIpc) is 2.50. The lowest BCUT2D eigenvalue weighted by molar-refractivity contribution is -0.342. The molecule has 0 aromatic rings. The highest BCUT2D eigenvalue weighted by molar-refractivity contribution is 8.00. The van der Waals surface area contributed by atoms with Crippen molar-refractivity contribution in [1.82, 2.24) is 0 Å². The third-order valence-electron chi connectivity index (χ3n) is 3.60. The second-order valence-electron chi connectivity index (χ2n) is 5.90. The van der Waals surface area contributed by atoms with Crippen LogP contribution in [0.1, 0.15) is 12.8 Å². The van der Waals surface area contributed by atoms with Crippen molar-refractivity contribution in [2.75, 3.05) is 23.0 Å². The van der Waals surface area contributed by atoms with Gasteiger partial charge < -0.3 is 5.11 Å². The minimum Gasteiger partial charge on any atom is -0.391 e. The molecule has 0 rings (SSSR count). The largest absolute Gasteiger partial charge is 0.431 e. The number of hydrogen-bond acceptors (Lipinski definition) is 3. The molecule has 0 aliphatic rings. The molecule has 17 heteroatoms. The van der Waals surface area contributed by atoms with Crippen LogP contribution in [-0.4, -0.2) is 70.3 Å². The van der Waals surface area contributed by atoms with Crippen LogP contribution >= 0.6 is 23.5 Å². The Kier molecular flexibility index (Phi) is 9.98. The molecule has 0 amide bonds. The van der Waals surface area contributed by atoms with Crippen molar-refractivity contribution in [1.29, 1.82) is 0 Å². The van der Waals surface area contributed by atoms with Gasteiger partial charge in [-0.05, 0) is 11.5 Å². The second kappa shape index (κ2) is 10.1. The molecule has 0 aliphatic carbocycles. The van der Waals surface area contributed by atoms with Crippen molar-refractivity contribution < 1.29 is 66.6 Å². The Bertz CT molecular complexity index is 450. The van der Waals surface area contributed by atoms with Crippen LogP contribution in [-0.2, 0) is 0 Å². The summed E-state index contributed by atoms with van der Waals surface area (Å²) in [7, 11) is 0. The first-order chi connectivity index (χ1) is 13.1. The fourth-order valence-corrected chi connectivity index (χ4v) is 3.91. The Morgan fingerprint density at radius 1 is 0.500 bits per heavy atom. The van der Waals surface area contributed by atoms with E-state index >= 15 is 0 Å². The van der Waals surface area contributed by atoms with E-state index in [2.05, 4.69) is 0 Å². The fourth-order valence-electron chi connectivity index (χ4n) is 1.80. The fraction of sp³-hybridized carbons (Fsp3) is 1.00. The Labute approximate surface area is 168 Å². The zero-order valence-corrected chi connectivity index (χ0v) is 16.0. The van der Waals surface area contributed by atoms with Gasteiger partial charge in [0, 0.05) is 24.3 Å². The predicted octanol–water partition coefficient (Wildman–Crippen LogP) is 6.26. The molecule has 0 radical (unpaired) electrons. The van der Waals surface area contributed by atoms with Crippen LogP contribution in [0.4, 0.5) is 61.5 Å². The molecule has 0 bridgehead atoms. The zero-order chi connectivity index (χ0) is 24.2. The molecule has 182 valence electrons. The van der Waals surface area contributed by atoms with Crippen molar-refractivity contribution in [3.63, 3.8) is 0 Å². The molecule has 0 atom stereocenters. The van der Waals surface area contributed by atoms with Gasteiger partial charge in [0.1, 0.15) is 0 Å². The summed E-state index contributed by atoms with van der Waals surface area (Å²) in [6.45, 7) is 0. The van der Waals surface area contributed by atoms with Crippen LogP contribution in [0.5, 0.6) is 0 Å². The highest BCUT2D eigenvalue weighted by Gasteiger charge is 2.72. The normalized spacial score (nSPS) is 15.2. The highest BCUT2D eigenvalue weighted by atomic mass is 32.2. The maximum Gasteiger partial charge on any atom is 0.431 e. The lowest BCUT2D eigenvalue weighted by atomic mass is 10.0. The summed E-state index contributed by atoms with van der Waals surface area (Å²) >= 11 is 0.510. The second-order valence-corrected chi connectivity index (χ2v) is 8.20. The standard InChI is InChI=1S/C13H14F14OS2/c14-8(10(16,17)18,11(19,20)21)1-3-29-5-7(28)6-30-4-2-9(15,12(22,23)24)13(25,26)27/h7,28H,1-6H2. The summed E-state index contributed by atoms with van der Waals surface area (Å²) in [6.07, 6.45) is -30.6. The van der Waals surface area contributed by atoms with Gasteiger partial charge in [0.2, 0.25) is 0 Å². The summed E-state index contributed by atoms with van der Waals surface area (Å²) in [5.74, 6) is -3.27. The number of rotatable bonds is 10. The summed E-state index contributed by atoms with van der Waals surface area (Å²) in [5, 5.41) is 9.43. The Balaban J connectivity index is 4.48. The van der Waals surface area contributed by atoms with Gasteiger partial charge in [-0.25, -0.2) is 8.78 Å². The summed E-state index contributed by atoms with van der Waals surface area (Å²) < 4.78 is 174. The molecule has 0 aromatic carbocycles. The molecule has 0 aromatic heterocycles. The summed E-state index contributed by atoms with van der Waals surface area (Å²) in [6, 6.07) is 0. The van der Waals surface area contributed by atoms with Gasteiger partial charge >= 0.3 is 24.7 Å². The van der Waals surface area contributed by atoms with Crippen LogP contribution < -0.4 is 0 Å². The van der Waals surface area contributed by atoms with Crippen molar-refractivity contribution in [3.05, 3.63) is 0 Å². The van der Waals surface area contributed by atoms with Gasteiger partial charge in [-0.2, -0.15) is 76.2 Å². The maximum atomic E-state index is 13.3. The van der Waals surface area contributed by atoms with E-state index in [0.29, 0.717) is 0 Å². The summed E-state index contributed by atoms with van der Waals surface area (Å²) in [5.41, 5.74) is -11.0. The van der Waals surface area contributed by atoms with Crippen LogP contribution in [0.3, 0.4) is 0 Å². The van der Waals surface area contributed by atoms with E-state index in [1.54, 1.807) is 0 Å². The molecule has 1 N–H and O–H groups in total. The Hall–Kier alpha value is -0.320. The van der Waals surface area contributed by atoms with E-state index in [1.165, 1.54) is 0 Å².